The molecule has 10 nitrogen and oxygen atoms in total. The van der Waals surface area contributed by atoms with E-state index in [9.17, 15) is 24.8 Å². The van der Waals surface area contributed by atoms with Crippen LogP contribution in [0, 0.1) is 10.1 Å². The van der Waals surface area contributed by atoms with Gasteiger partial charge in [-0.05, 0) is 54.8 Å². The Morgan fingerprint density at radius 3 is 2.20 bits per heavy atom. The van der Waals surface area contributed by atoms with Gasteiger partial charge < -0.3 is 25.8 Å². The molecule has 0 unspecified atom stereocenters. The molecular formula is C34H36N4O6. The number of nitrogens with zero attached hydrogens (tertiary/aromatic N) is 1. The smallest absolute Gasteiger partial charge is 0.271 e. The summed E-state index contributed by atoms with van der Waals surface area (Å²) in [6, 6.07) is 27.1. The summed E-state index contributed by atoms with van der Waals surface area (Å²) in [5, 5.41) is 31.6. The van der Waals surface area contributed by atoms with Gasteiger partial charge in [0, 0.05) is 41.9 Å². The van der Waals surface area contributed by atoms with Crippen LogP contribution in [-0.2, 0) is 13.0 Å². The molecule has 228 valence electrons. The summed E-state index contributed by atoms with van der Waals surface area (Å²) >= 11 is 0. The molecular weight excluding hydrogens is 560 g/mol. The molecule has 0 aliphatic heterocycles. The standard InChI is InChI=1S/C34H36N4O6/c1-22(25-11-5-4-6-12-25)36-33(40)27-17-28(19-29(18-27)38(42)43)34(41)37-23(2)32(39)20-26-13-7-8-15-31(26)35-21-24-10-9-14-30(16-24)44-3/h4-19,22-23,32,35,39H,20-21H2,1-3H3,(H,36,40)(H,37,41)/t22-,23+,32-/m1/s1. The zero-order valence-corrected chi connectivity index (χ0v) is 24.8. The molecule has 4 N–H and O–H groups in total. The number of para-hydroxylation sites is 1. The van der Waals surface area contributed by atoms with Gasteiger partial charge in [-0.25, -0.2) is 0 Å². The van der Waals surface area contributed by atoms with E-state index < -0.39 is 28.9 Å². The van der Waals surface area contributed by atoms with E-state index in [1.807, 2.05) is 78.9 Å². The highest BCUT2D eigenvalue weighted by Gasteiger charge is 2.23. The third-order valence-corrected chi connectivity index (χ3v) is 7.30. The minimum absolute atomic E-state index is 0.0172. The first kappa shape index (κ1) is 31.7. The van der Waals surface area contributed by atoms with Crippen molar-refractivity contribution >= 4 is 23.2 Å². The number of carbonyl (C=O) groups excluding carboxylic acids is 2. The second-order valence-electron chi connectivity index (χ2n) is 10.5. The van der Waals surface area contributed by atoms with Crippen molar-refractivity contribution in [3.05, 3.63) is 135 Å². The number of amides is 2. The highest BCUT2D eigenvalue weighted by atomic mass is 16.6. The van der Waals surface area contributed by atoms with Gasteiger partial charge in [0.25, 0.3) is 17.5 Å². The number of methoxy groups -OCH3 is 1. The normalized spacial score (nSPS) is 12.8. The molecule has 4 rings (SSSR count). The molecule has 0 heterocycles. The Labute approximate surface area is 256 Å². The van der Waals surface area contributed by atoms with Crippen LogP contribution in [0.5, 0.6) is 5.75 Å². The van der Waals surface area contributed by atoms with Gasteiger partial charge in [-0.3, -0.25) is 19.7 Å². The monoisotopic (exact) mass is 596 g/mol. The largest absolute Gasteiger partial charge is 0.497 e. The minimum atomic E-state index is -0.966. The zero-order valence-electron chi connectivity index (χ0n) is 24.8. The third-order valence-electron chi connectivity index (χ3n) is 7.30. The number of rotatable bonds is 13. The number of nitro groups is 1. The van der Waals surface area contributed by atoms with E-state index >= 15 is 0 Å². The van der Waals surface area contributed by atoms with Crippen molar-refractivity contribution in [2.24, 2.45) is 0 Å². The fraction of sp³-hybridized carbons (Fsp3) is 0.235. The van der Waals surface area contributed by atoms with Crippen molar-refractivity contribution in [2.75, 3.05) is 12.4 Å². The van der Waals surface area contributed by atoms with Crippen LogP contribution >= 0.6 is 0 Å². The average molecular weight is 597 g/mol. The molecule has 0 aromatic heterocycles. The molecule has 0 spiro atoms. The van der Waals surface area contributed by atoms with E-state index in [0.29, 0.717) is 6.54 Å². The zero-order chi connectivity index (χ0) is 31.6. The van der Waals surface area contributed by atoms with Crippen LogP contribution in [-0.4, -0.2) is 41.1 Å². The maximum absolute atomic E-state index is 13.2. The highest BCUT2D eigenvalue weighted by molar-refractivity contribution is 6.01. The van der Waals surface area contributed by atoms with Crippen LogP contribution < -0.4 is 20.7 Å². The lowest BCUT2D eigenvalue weighted by Crippen LogP contribution is -2.42. The van der Waals surface area contributed by atoms with E-state index in [1.54, 1.807) is 21.0 Å². The molecule has 3 atom stereocenters. The van der Waals surface area contributed by atoms with Crippen LogP contribution in [0.15, 0.2) is 97.1 Å². The Balaban J connectivity index is 1.43. The SMILES string of the molecule is COc1cccc(CNc2ccccc2C[C@@H](O)[C@H](C)NC(=O)c2cc(C(=O)N[C@H](C)c3ccccc3)cc([N+](=O)[O-])c2)c1. The van der Waals surface area contributed by atoms with Crippen LogP contribution in [0.25, 0.3) is 0 Å². The number of anilines is 1. The first-order valence-corrected chi connectivity index (χ1v) is 14.2. The van der Waals surface area contributed by atoms with Crippen molar-refractivity contribution < 1.29 is 24.4 Å². The molecule has 0 fully saturated rings. The van der Waals surface area contributed by atoms with Crippen molar-refractivity contribution in [1.29, 1.82) is 0 Å². The molecule has 0 radical (unpaired) electrons. The number of hydrogen-bond acceptors (Lipinski definition) is 7. The molecule has 2 amide bonds. The fourth-order valence-electron chi connectivity index (χ4n) is 4.72. The summed E-state index contributed by atoms with van der Waals surface area (Å²) in [5.74, 6) is -0.434. The quantitative estimate of drug-likeness (QED) is 0.119. The second-order valence-corrected chi connectivity index (χ2v) is 10.5. The first-order chi connectivity index (χ1) is 21.1. The molecule has 4 aromatic rings. The molecule has 0 saturated heterocycles. The van der Waals surface area contributed by atoms with Gasteiger partial charge in [0.05, 0.1) is 30.2 Å². The van der Waals surface area contributed by atoms with Gasteiger partial charge in [-0.1, -0.05) is 60.7 Å². The maximum atomic E-state index is 13.2. The number of hydrogen-bond donors (Lipinski definition) is 4. The number of benzene rings is 4. The van der Waals surface area contributed by atoms with E-state index in [1.165, 1.54) is 6.07 Å². The van der Waals surface area contributed by atoms with E-state index in [-0.39, 0.29) is 29.3 Å². The van der Waals surface area contributed by atoms with Gasteiger partial charge in [0.2, 0.25) is 0 Å². The number of aliphatic hydroxyl groups excluding tert-OH is 1. The van der Waals surface area contributed by atoms with Gasteiger partial charge in [-0.2, -0.15) is 0 Å². The third kappa shape index (κ3) is 8.42. The molecule has 4 aromatic carbocycles. The molecule has 0 aliphatic carbocycles. The highest BCUT2D eigenvalue weighted by Crippen LogP contribution is 2.22. The number of ether oxygens (including phenoxy) is 1. The molecule has 0 aliphatic rings. The summed E-state index contributed by atoms with van der Waals surface area (Å²) in [7, 11) is 1.62. The van der Waals surface area contributed by atoms with Gasteiger partial charge >= 0.3 is 0 Å². The topological polar surface area (TPSA) is 143 Å². The summed E-state index contributed by atoms with van der Waals surface area (Å²) < 4.78 is 5.29. The lowest BCUT2D eigenvalue weighted by Gasteiger charge is -2.22. The number of non-ortho nitro benzene ring substituents is 1. The average Bonchev–Trinajstić information content (AvgIpc) is 3.04. The van der Waals surface area contributed by atoms with Crippen LogP contribution in [0.2, 0.25) is 0 Å². The van der Waals surface area contributed by atoms with Crippen LogP contribution in [0.1, 0.15) is 57.3 Å². The number of carbonyl (C=O) groups is 2. The number of nitro benzene ring substituents is 1. The summed E-state index contributed by atoms with van der Waals surface area (Å²) in [4.78, 5) is 37.2. The van der Waals surface area contributed by atoms with Gasteiger partial charge in [-0.15, -0.1) is 0 Å². The van der Waals surface area contributed by atoms with Gasteiger partial charge in [0.15, 0.2) is 0 Å². The predicted octanol–water partition coefficient (Wildman–Crippen LogP) is 5.43. The number of nitrogens with one attached hydrogen (secondary N) is 3. The van der Waals surface area contributed by atoms with E-state index in [4.69, 9.17) is 4.74 Å². The lowest BCUT2D eigenvalue weighted by atomic mass is 10.0. The van der Waals surface area contributed by atoms with Crippen molar-refractivity contribution in [3.63, 3.8) is 0 Å². The number of aliphatic hydroxyl groups is 1. The Bertz CT molecular complexity index is 1610. The molecule has 10 heteroatoms. The van der Waals surface area contributed by atoms with Gasteiger partial charge in [0.1, 0.15) is 5.75 Å². The summed E-state index contributed by atoms with van der Waals surface area (Å²) in [5.41, 5.74) is 3.12. The minimum Gasteiger partial charge on any atom is -0.497 e. The molecule has 0 saturated carbocycles. The lowest BCUT2D eigenvalue weighted by molar-refractivity contribution is -0.384. The van der Waals surface area contributed by atoms with Crippen LogP contribution in [0.3, 0.4) is 0 Å². The summed E-state index contributed by atoms with van der Waals surface area (Å²) in [6.07, 6.45) is -0.727. The van der Waals surface area contributed by atoms with E-state index in [0.717, 1.165) is 40.3 Å². The first-order valence-electron chi connectivity index (χ1n) is 14.2. The Morgan fingerprint density at radius 2 is 1.52 bits per heavy atom. The Morgan fingerprint density at radius 1 is 0.864 bits per heavy atom. The fourth-order valence-corrected chi connectivity index (χ4v) is 4.72. The van der Waals surface area contributed by atoms with E-state index in [2.05, 4.69) is 16.0 Å². The van der Waals surface area contributed by atoms with Crippen LogP contribution in [0.4, 0.5) is 11.4 Å². The molecule has 0 bridgehead atoms. The Kier molecular flexibility index (Phi) is 10.7. The van der Waals surface area contributed by atoms with Crippen molar-refractivity contribution in [3.8, 4) is 5.75 Å². The molecule has 44 heavy (non-hydrogen) atoms. The van der Waals surface area contributed by atoms with Crippen molar-refractivity contribution in [1.82, 2.24) is 10.6 Å². The predicted molar refractivity (Wildman–Crippen MR) is 169 cm³/mol. The van der Waals surface area contributed by atoms with Crippen molar-refractivity contribution in [2.45, 2.75) is 45.0 Å². The second kappa shape index (κ2) is 14.8. The summed E-state index contributed by atoms with van der Waals surface area (Å²) in [6.45, 7) is 4.00. The Hall–Kier alpha value is -5.22. The maximum Gasteiger partial charge on any atom is 0.271 e.